The predicted molar refractivity (Wildman–Crippen MR) is 47.3 cm³/mol. The minimum absolute atomic E-state index is 0.0592. The van der Waals surface area contributed by atoms with E-state index < -0.39 is 23.4 Å². The first kappa shape index (κ1) is 10.9. The van der Waals surface area contributed by atoms with Gasteiger partial charge < -0.3 is 20.1 Å². The number of rotatable bonds is 2. The van der Waals surface area contributed by atoms with Crippen molar-refractivity contribution < 1.29 is 20.1 Å². The lowest BCUT2D eigenvalue weighted by Gasteiger charge is -2.29. The Morgan fingerprint density at radius 2 is 1.92 bits per heavy atom. The van der Waals surface area contributed by atoms with Gasteiger partial charge in [0.15, 0.2) is 0 Å². The molecule has 4 heteroatoms. The Hall–Kier alpha value is -0.160. The van der Waals surface area contributed by atoms with Crippen LogP contribution in [0, 0.1) is 0 Å². The van der Waals surface area contributed by atoms with Crippen LogP contribution >= 0.6 is 0 Å². The smallest absolute Gasteiger partial charge is 0.116 e. The summed E-state index contributed by atoms with van der Waals surface area (Å²) in [6, 6.07) is 0. The van der Waals surface area contributed by atoms with Gasteiger partial charge in [-0.3, -0.25) is 0 Å². The molecule has 0 aromatic heterocycles. The number of ether oxygens (including phenoxy) is 1. The maximum absolute atomic E-state index is 9.84. The molecular weight excluding hydrogens is 172 g/mol. The fourth-order valence-electron chi connectivity index (χ4n) is 1.85. The lowest BCUT2D eigenvalue weighted by Crippen LogP contribution is -2.48. The average molecular weight is 190 g/mol. The van der Waals surface area contributed by atoms with Crippen LogP contribution in [0.15, 0.2) is 0 Å². The molecule has 0 aliphatic carbocycles. The van der Waals surface area contributed by atoms with Gasteiger partial charge in [0.25, 0.3) is 0 Å². The van der Waals surface area contributed by atoms with E-state index in [2.05, 4.69) is 0 Å². The zero-order valence-electron chi connectivity index (χ0n) is 8.32. The van der Waals surface area contributed by atoms with Gasteiger partial charge in [0.05, 0.1) is 11.7 Å². The molecule has 13 heavy (non-hydrogen) atoms. The van der Waals surface area contributed by atoms with Gasteiger partial charge in [-0.15, -0.1) is 0 Å². The molecular formula is C9H18O4. The molecule has 0 saturated carbocycles. The molecule has 0 aromatic rings. The van der Waals surface area contributed by atoms with Crippen molar-refractivity contribution in [3.05, 3.63) is 0 Å². The van der Waals surface area contributed by atoms with Crippen molar-refractivity contribution in [2.75, 3.05) is 6.61 Å². The van der Waals surface area contributed by atoms with Gasteiger partial charge in [-0.1, -0.05) is 0 Å². The highest BCUT2D eigenvalue weighted by atomic mass is 16.6. The normalized spacial score (nSPS) is 51.2. The molecule has 78 valence electrons. The van der Waals surface area contributed by atoms with Gasteiger partial charge in [-0.2, -0.15) is 0 Å². The molecule has 0 spiro atoms. The van der Waals surface area contributed by atoms with Crippen LogP contribution in [0.3, 0.4) is 0 Å². The van der Waals surface area contributed by atoms with Gasteiger partial charge in [0.2, 0.25) is 0 Å². The van der Waals surface area contributed by atoms with Crippen molar-refractivity contribution in [3.8, 4) is 0 Å². The van der Waals surface area contributed by atoms with Gasteiger partial charge in [-0.25, -0.2) is 0 Å². The van der Waals surface area contributed by atoms with Crippen molar-refractivity contribution in [2.24, 2.45) is 0 Å². The van der Waals surface area contributed by atoms with E-state index in [0.29, 0.717) is 6.42 Å². The topological polar surface area (TPSA) is 69.9 Å². The van der Waals surface area contributed by atoms with Gasteiger partial charge >= 0.3 is 0 Å². The highest BCUT2D eigenvalue weighted by Gasteiger charge is 2.56. The fourth-order valence-corrected chi connectivity index (χ4v) is 1.85. The Morgan fingerprint density at radius 3 is 2.23 bits per heavy atom. The zero-order chi connectivity index (χ0) is 10.3. The molecule has 1 rings (SSSR count). The Kier molecular flexibility index (Phi) is 2.69. The van der Waals surface area contributed by atoms with Crippen LogP contribution in [0.2, 0.25) is 0 Å². The molecule has 1 fully saturated rings. The molecule has 4 unspecified atom stereocenters. The minimum Gasteiger partial charge on any atom is -0.396 e. The van der Waals surface area contributed by atoms with Crippen molar-refractivity contribution in [3.63, 3.8) is 0 Å². The summed E-state index contributed by atoms with van der Waals surface area (Å²) in [6.07, 6.45) is -1.05. The monoisotopic (exact) mass is 190 g/mol. The van der Waals surface area contributed by atoms with E-state index in [1.807, 2.05) is 0 Å². The molecule has 0 amide bonds. The standard InChI is InChI=1S/C9H18O4/c1-6-9(3,12)7(11)8(2,13-6)4-5-10/h6-7,10-12H,4-5H2,1-3H3. The van der Waals surface area contributed by atoms with E-state index in [-0.39, 0.29) is 6.61 Å². The van der Waals surface area contributed by atoms with E-state index in [1.165, 1.54) is 0 Å². The van der Waals surface area contributed by atoms with Crippen molar-refractivity contribution in [1.82, 2.24) is 0 Å². The summed E-state index contributed by atoms with van der Waals surface area (Å²) in [5.41, 5.74) is -2.07. The third-order valence-electron chi connectivity index (χ3n) is 3.01. The van der Waals surface area contributed by atoms with E-state index in [1.54, 1.807) is 20.8 Å². The summed E-state index contributed by atoms with van der Waals surface area (Å²) in [6.45, 7) is 4.90. The van der Waals surface area contributed by atoms with E-state index in [9.17, 15) is 10.2 Å². The Balaban J connectivity index is 2.83. The van der Waals surface area contributed by atoms with Crippen molar-refractivity contribution in [1.29, 1.82) is 0 Å². The molecule has 3 N–H and O–H groups in total. The van der Waals surface area contributed by atoms with Crippen LogP contribution < -0.4 is 0 Å². The molecule has 0 radical (unpaired) electrons. The van der Waals surface area contributed by atoms with Gasteiger partial charge in [0.1, 0.15) is 11.7 Å². The Labute approximate surface area is 78.1 Å². The predicted octanol–water partition coefficient (Wildman–Crippen LogP) is -0.342. The third kappa shape index (κ3) is 1.59. The first-order chi connectivity index (χ1) is 5.84. The minimum atomic E-state index is -1.23. The fraction of sp³-hybridized carbons (Fsp3) is 1.00. The van der Waals surface area contributed by atoms with E-state index in [0.717, 1.165) is 0 Å². The lowest BCUT2D eigenvalue weighted by molar-refractivity contribution is -0.0803. The summed E-state index contributed by atoms with van der Waals surface area (Å²) in [7, 11) is 0. The van der Waals surface area contributed by atoms with E-state index >= 15 is 0 Å². The van der Waals surface area contributed by atoms with Crippen molar-refractivity contribution in [2.45, 2.75) is 50.6 Å². The summed E-state index contributed by atoms with van der Waals surface area (Å²) in [5, 5.41) is 28.4. The number of hydrogen-bond acceptors (Lipinski definition) is 4. The van der Waals surface area contributed by atoms with Crippen LogP contribution in [-0.2, 0) is 4.74 Å². The van der Waals surface area contributed by atoms with Crippen LogP contribution in [0.5, 0.6) is 0 Å². The average Bonchev–Trinajstić information content (AvgIpc) is 2.14. The first-order valence-electron chi connectivity index (χ1n) is 4.53. The number of aliphatic hydroxyl groups is 3. The molecule has 4 atom stereocenters. The first-order valence-corrected chi connectivity index (χ1v) is 4.53. The molecule has 1 aliphatic heterocycles. The lowest BCUT2D eigenvalue weighted by atomic mass is 9.85. The van der Waals surface area contributed by atoms with Crippen LogP contribution in [0.4, 0.5) is 0 Å². The number of hydrogen-bond donors (Lipinski definition) is 3. The maximum Gasteiger partial charge on any atom is 0.116 e. The second-order valence-corrected chi connectivity index (χ2v) is 4.17. The summed E-state index contributed by atoms with van der Waals surface area (Å²) in [5.74, 6) is 0. The highest BCUT2D eigenvalue weighted by Crippen LogP contribution is 2.39. The molecule has 0 aromatic carbocycles. The molecule has 1 heterocycles. The number of aliphatic hydroxyl groups excluding tert-OH is 2. The van der Waals surface area contributed by atoms with Gasteiger partial charge in [0, 0.05) is 13.0 Å². The van der Waals surface area contributed by atoms with Gasteiger partial charge in [-0.05, 0) is 20.8 Å². The third-order valence-corrected chi connectivity index (χ3v) is 3.01. The molecule has 4 nitrogen and oxygen atoms in total. The SMILES string of the molecule is CC1OC(C)(CCO)C(O)C1(C)O. The van der Waals surface area contributed by atoms with Crippen LogP contribution in [0.1, 0.15) is 27.2 Å². The van der Waals surface area contributed by atoms with Crippen LogP contribution in [-0.4, -0.2) is 45.3 Å². The van der Waals surface area contributed by atoms with Crippen LogP contribution in [0.25, 0.3) is 0 Å². The largest absolute Gasteiger partial charge is 0.396 e. The summed E-state index contributed by atoms with van der Waals surface area (Å²) in [4.78, 5) is 0. The zero-order valence-corrected chi connectivity index (χ0v) is 8.32. The molecule has 1 saturated heterocycles. The van der Waals surface area contributed by atoms with Crippen molar-refractivity contribution >= 4 is 0 Å². The Morgan fingerprint density at radius 1 is 1.38 bits per heavy atom. The Bertz CT molecular complexity index is 192. The highest BCUT2D eigenvalue weighted by molar-refractivity contribution is 5.05. The van der Waals surface area contributed by atoms with E-state index in [4.69, 9.17) is 9.84 Å². The summed E-state index contributed by atoms with van der Waals surface area (Å²) >= 11 is 0. The quantitative estimate of drug-likeness (QED) is 0.557. The second-order valence-electron chi connectivity index (χ2n) is 4.17. The molecule has 1 aliphatic rings. The molecule has 0 bridgehead atoms. The second kappa shape index (κ2) is 3.20. The summed E-state index contributed by atoms with van der Waals surface area (Å²) < 4.78 is 5.46. The maximum atomic E-state index is 9.84.